The van der Waals surface area contributed by atoms with E-state index in [1.54, 1.807) is 0 Å². The summed E-state index contributed by atoms with van der Waals surface area (Å²) in [7, 11) is 2.08. The van der Waals surface area contributed by atoms with E-state index in [9.17, 15) is 4.91 Å². The summed E-state index contributed by atoms with van der Waals surface area (Å²) >= 11 is 1.21. The van der Waals surface area contributed by atoms with Gasteiger partial charge >= 0.3 is 0 Å². The van der Waals surface area contributed by atoms with Crippen LogP contribution >= 0.6 is 11.9 Å². The number of rotatable bonds is 5. The van der Waals surface area contributed by atoms with Crippen molar-refractivity contribution in [1.82, 2.24) is 4.90 Å². The van der Waals surface area contributed by atoms with Crippen molar-refractivity contribution in [2.75, 3.05) is 13.6 Å². The molecular weight excluding hydrogens is 196 g/mol. The molecule has 1 rings (SSSR count). The van der Waals surface area contributed by atoms with Gasteiger partial charge < -0.3 is 0 Å². The smallest absolute Gasteiger partial charge is 0.0838 e. The zero-order chi connectivity index (χ0) is 10.4. The summed E-state index contributed by atoms with van der Waals surface area (Å²) in [5, 5.41) is 0.304. The molecule has 1 saturated carbocycles. The van der Waals surface area contributed by atoms with Crippen molar-refractivity contribution in [2.45, 2.75) is 44.4 Å². The van der Waals surface area contributed by atoms with E-state index in [1.807, 2.05) is 0 Å². The molecule has 0 bridgehead atoms. The average Bonchev–Trinajstić information content (AvgIpc) is 2.26. The van der Waals surface area contributed by atoms with Crippen molar-refractivity contribution in [1.29, 1.82) is 0 Å². The van der Waals surface area contributed by atoms with Crippen LogP contribution in [0, 0.1) is 10.8 Å². The molecule has 1 atom stereocenters. The van der Waals surface area contributed by atoms with E-state index in [0.29, 0.717) is 11.3 Å². The van der Waals surface area contributed by atoms with Crippen LogP contribution in [0.15, 0.2) is 4.58 Å². The van der Waals surface area contributed by atoms with Crippen molar-refractivity contribution in [3.8, 4) is 0 Å². The molecule has 0 aliphatic heterocycles. The largest absolute Gasteiger partial charge is 0.293 e. The molecule has 14 heavy (non-hydrogen) atoms. The van der Waals surface area contributed by atoms with Gasteiger partial charge in [0.15, 0.2) is 0 Å². The summed E-state index contributed by atoms with van der Waals surface area (Å²) in [4.78, 5) is 12.6. The molecule has 0 amide bonds. The Bertz CT molecular complexity index is 172. The number of hydrogen-bond donors (Lipinski definition) is 0. The van der Waals surface area contributed by atoms with E-state index in [-0.39, 0.29) is 0 Å². The Morgan fingerprint density at radius 2 is 2.07 bits per heavy atom. The van der Waals surface area contributed by atoms with E-state index in [1.165, 1.54) is 44.1 Å². The van der Waals surface area contributed by atoms with Crippen LogP contribution in [0.5, 0.6) is 0 Å². The highest BCUT2D eigenvalue weighted by Crippen LogP contribution is 2.34. The fourth-order valence-corrected chi connectivity index (χ4v) is 3.01. The van der Waals surface area contributed by atoms with Gasteiger partial charge in [-0.15, -0.1) is 4.91 Å². The first-order valence-electron chi connectivity index (χ1n) is 5.48. The zero-order valence-electron chi connectivity index (χ0n) is 9.11. The van der Waals surface area contributed by atoms with Gasteiger partial charge in [0.25, 0.3) is 0 Å². The maximum absolute atomic E-state index is 10.4. The second-order valence-electron chi connectivity index (χ2n) is 4.04. The minimum Gasteiger partial charge on any atom is -0.293 e. The second kappa shape index (κ2) is 6.40. The average molecular weight is 216 g/mol. The summed E-state index contributed by atoms with van der Waals surface area (Å²) in [6.07, 6.45) is 6.52. The van der Waals surface area contributed by atoms with Gasteiger partial charge in [0, 0.05) is 16.5 Å². The van der Waals surface area contributed by atoms with E-state index in [2.05, 4.69) is 23.5 Å². The lowest BCUT2D eigenvalue weighted by Crippen LogP contribution is -2.35. The SMILES string of the molecule is CCN(C)C(SN=O)C1CCCCC1. The van der Waals surface area contributed by atoms with Crippen LogP contribution in [0.3, 0.4) is 0 Å². The van der Waals surface area contributed by atoms with E-state index >= 15 is 0 Å². The molecule has 0 aromatic carbocycles. The molecule has 1 fully saturated rings. The fourth-order valence-electron chi connectivity index (χ4n) is 2.17. The summed E-state index contributed by atoms with van der Waals surface area (Å²) in [6, 6.07) is 0. The first kappa shape index (κ1) is 12.0. The Balaban J connectivity index is 2.50. The van der Waals surface area contributed by atoms with Crippen molar-refractivity contribution < 1.29 is 0 Å². The van der Waals surface area contributed by atoms with Crippen LogP contribution in [0.2, 0.25) is 0 Å². The standard InChI is InChI=1S/C10H20N2OS/c1-3-12(2)10(14-11-13)9-7-5-4-6-8-9/h9-10H,3-8H2,1-2H3. The quantitative estimate of drug-likeness (QED) is 0.402. The third kappa shape index (κ3) is 3.24. The van der Waals surface area contributed by atoms with Crippen molar-refractivity contribution >= 4 is 11.9 Å². The highest BCUT2D eigenvalue weighted by Gasteiger charge is 2.27. The highest BCUT2D eigenvalue weighted by atomic mass is 32.2. The van der Waals surface area contributed by atoms with Gasteiger partial charge in [-0.25, -0.2) is 0 Å². The Labute approximate surface area is 90.7 Å². The van der Waals surface area contributed by atoms with E-state index < -0.39 is 0 Å². The van der Waals surface area contributed by atoms with Gasteiger partial charge in [0.1, 0.15) is 0 Å². The first-order chi connectivity index (χ1) is 6.79. The van der Waals surface area contributed by atoms with Crippen LogP contribution in [0.25, 0.3) is 0 Å². The predicted octanol–water partition coefficient (Wildman–Crippen LogP) is 3.26. The zero-order valence-corrected chi connectivity index (χ0v) is 9.92. The lowest BCUT2D eigenvalue weighted by molar-refractivity contribution is 0.215. The van der Waals surface area contributed by atoms with Gasteiger partial charge in [-0.2, -0.15) is 0 Å². The predicted molar refractivity (Wildman–Crippen MR) is 62.1 cm³/mol. The van der Waals surface area contributed by atoms with Crippen molar-refractivity contribution in [2.24, 2.45) is 10.5 Å². The minimum absolute atomic E-state index is 0.304. The second-order valence-corrected chi connectivity index (χ2v) is 4.88. The monoisotopic (exact) mass is 216 g/mol. The number of hydrogen-bond acceptors (Lipinski definition) is 4. The molecule has 0 saturated heterocycles. The van der Waals surface area contributed by atoms with Gasteiger partial charge in [-0.3, -0.25) is 4.90 Å². The number of nitrogens with zero attached hydrogens (tertiary/aromatic N) is 2. The molecule has 0 radical (unpaired) electrons. The first-order valence-corrected chi connectivity index (χ1v) is 6.32. The molecular formula is C10H20N2OS. The van der Waals surface area contributed by atoms with E-state index in [4.69, 9.17) is 0 Å². The Kier molecular flexibility index (Phi) is 5.48. The molecule has 1 aliphatic carbocycles. The lowest BCUT2D eigenvalue weighted by Gasteiger charge is -2.33. The molecule has 1 aliphatic rings. The van der Waals surface area contributed by atoms with Crippen LogP contribution in [-0.2, 0) is 0 Å². The van der Waals surface area contributed by atoms with Crippen molar-refractivity contribution in [3.63, 3.8) is 0 Å². The molecule has 4 heteroatoms. The molecule has 0 aromatic heterocycles. The van der Waals surface area contributed by atoms with Gasteiger partial charge in [-0.1, -0.05) is 26.2 Å². The van der Waals surface area contributed by atoms with Gasteiger partial charge in [0.2, 0.25) is 0 Å². The Morgan fingerprint density at radius 1 is 1.43 bits per heavy atom. The Hall–Kier alpha value is -0.0900. The highest BCUT2D eigenvalue weighted by molar-refractivity contribution is 7.98. The summed E-state index contributed by atoms with van der Waals surface area (Å²) in [5.41, 5.74) is 0. The van der Waals surface area contributed by atoms with Gasteiger partial charge in [-0.05, 0) is 32.4 Å². The van der Waals surface area contributed by atoms with E-state index in [0.717, 1.165) is 6.54 Å². The third-order valence-electron chi connectivity index (χ3n) is 3.14. The molecule has 82 valence electrons. The topological polar surface area (TPSA) is 32.7 Å². The summed E-state index contributed by atoms with van der Waals surface area (Å²) < 4.78 is 3.01. The maximum Gasteiger partial charge on any atom is 0.0838 e. The minimum atomic E-state index is 0.304. The van der Waals surface area contributed by atoms with Crippen LogP contribution in [-0.4, -0.2) is 23.9 Å². The van der Waals surface area contributed by atoms with Gasteiger partial charge in [0.05, 0.1) is 5.37 Å². The molecule has 0 aromatic rings. The van der Waals surface area contributed by atoms with Crippen LogP contribution < -0.4 is 0 Å². The lowest BCUT2D eigenvalue weighted by atomic mass is 9.89. The number of nitroso groups, excluding NO2 is 1. The molecule has 0 heterocycles. The molecule has 1 unspecified atom stereocenters. The molecule has 0 spiro atoms. The molecule has 3 nitrogen and oxygen atoms in total. The fraction of sp³-hybridized carbons (Fsp3) is 1.00. The maximum atomic E-state index is 10.4. The van der Waals surface area contributed by atoms with Crippen LogP contribution in [0.1, 0.15) is 39.0 Å². The summed E-state index contributed by atoms with van der Waals surface area (Å²) in [6.45, 7) is 3.12. The molecule has 0 N–H and O–H groups in total. The summed E-state index contributed by atoms with van der Waals surface area (Å²) in [5.74, 6) is 0.663. The Morgan fingerprint density at radius 3 is 2.57 bits per heavy atom. The van der Waals surface area contributed by atoms with Crippen molar-refractivity contribution in [3.05, 3.63) is 4.91 Å². The third-order valence-corrected chi connectivity index (χ3v) is 4.18. The normalized spacial score (nSPS) is 21.1. The van der Waals surface area contributed by atoms with Crippen LogP contribution in [0.4, 0.5) is 0 Å².